The van der Waals surface area contributed by atoms with Crippen LogP contribution in [0.5, 0.6) is 0 Å². The van der Waals surface area contributed by atoms with E-state index in [-0.39, 0.29) is 11.6 Å². The molecule has 0 unspecified atom stereocenters. The summed E-state index contributed by atoms with van der Waals surface area (Å²) in [5, 5.41) is 3.79. The first-order chi connectivity index (χ1) is 11.7. The first kappa shape index (κ1) is 15.9. The topological polar surface area (TPSA) is 92.6 Å². The summed E-state index contributed by atoms with van der Waals surface area (Å²) in [7, 11) is 0. The summed E-state index contributed by atoms with van der Waals surface area (Å²) in [6.07, 6.45) is 3.99. The van der Waals surface area contributed by atoms with Gasteiger partial charge in [0.05, 0.1) is 31.3 Å². The maximum atomic E-state index is 13.9. The summed E-state index contributed by atoms with van der Waals surface area (Å²) in [6, 6.07) is 5.31. The number of halogens is 1. The fraction of sp³-hybridized carbons (Fsp3) is 0.267. The molecule has 2 aromatic heterocycles. The number of pyridine rings is 1. The molecular formula is C15H15FN6O2. The van der Waals surface area contributed by atoms with Crippen molar-refractivity contribution in [3.05, 3.63) is 47.9 Å². The molecule has 0 atom stereocenters. The van der Waals surface area contributed by atoms with Crippen LogP contribution >= 0.6 is 0 Å². The van der Waals surface area contributed by atoms with Gasteiger partial charge in [-0.05, 0) is 12.1 Å². The van der Waals surface area contributed by atoms with Gasteiger partial charge in [-0.25, -0.2) is 19.8 Å². The monoisotopic (exact) mass is 330 g/mol. The zero-order valence-electron chi connectivity index (χ0n) is 12.7. The van der Waals surface area contributed by atoms with Gasteiger partial charge in [-0.2, -0.15) is 5.10 Å². The molecule has 1 saturated heterocycles. The molecule has 1 N–H and O–H groups in total. The Hall–Kier alpha value is -2.94. The fourth-order valence-electron chi connectivity index (χ4n) is 2.12. The Bertz CT molecular complexity index is 734. The fourth-order valence-corrected chi connectivity index (χ4v) is 2.12. The summed E-state index contributed by atoms with van der Waals surface area (Å²) >= 11 is 0. The molecular weight excluding hydrogens is 315 g/mol. The zero-order valence-corrected chi connectivity index (χ0v) is 12.7. The molecule has 8 nitrogen and oxygen atoms in total. The van der Waals surface area contributed by atoms with Crippen LogP contribution in [0, 0.1) is 5.82 Å². The second-order valence-corrected chi connectivity index (χ2v) is 4.92. The van der Waals surface area contributed by atoms with Crippen LogP contribution in [0.2, 0.25) is 0 Å². The smallest absolute Gasteiger partial charge is 0.309 e. The molecule has 1 amide bonds. The lowest BCUT2D eigenvalue weighted by molar-refractivity contribution is 0.0944. The van der Waals surface area contributed by atoms with Gasteiger partial charge >= 0.3 is 5.91 Å². The van der Waals surface area contributed by atoms with Gasteiger partial charge in [0.25, 0.3) is 0 Å². The van der Waals surface area contributed by atoms with Crippen molar-refractivity contribution in [3.63, 3.8) is 0 Å². The standard InChI is InChI=1S/C15H15FN6O2/c16-12-10-18-13(20-14(12)22-5-7-24-8-6-22)15(23)21-19-9-11-3-1-2-4-17-11/h1-4,9-10H,5-8H2,(H,21,23). The van der Waals surface area contributed by atoms with Crippen LogP contribution in [-0.2, 0) is 4.74 Å². The number of aromatic nitrogens is 3. The SMILES string of the molecule is O=C(NN=Cc1ccccn1)c1ncc(F)c(N2CCOCC2)n1. The first-order valence-electron chi connectivity index (χ1n) is 7.34. The van der Waals surface area contributed by atoms with E-state index in [4.69, 9.17) is 4.74 Å². The van der Waals surface area contributed by atoms with E-state index >= 15 is 0 Å². The van der Waals surface area contributed by atoms with Crippen LogP contribution in [-0.4, -0.2) is 53.4 Å². The summed E-state index contributed by atoms with van der Waals surface area (Å²) in [5.74, 6) is -1.27. The molecule has 1 fully saturated rings. The van der Waals surface area contributed by atoms with Crippen molar-refractivity contribution in [3.8, 4) is 0 Å². The Kier molecular flexibility index (Phi) is 5.02. The number of nitrogens with one attached hydrogen (secondary N) is 1. The number of morpholine rings is 1. The number of ether oxygens (including phenoxy) is 1. The molecule has 124 valence electrons. The number of carbonyl (C=O) groups is 1. The van der Waals surface area contributed by atoms with Gasteiger partial charge in [-0.15, -0.1) is 0 Å². The molecule has 24 heavy (non-hydrogen) atoms. The van der Waals surface area contributed by atoms with Gasteiger partial charge in [-0.3, -0.25) is 9.78 Å². The lowest BCUT2D eigenvalue weighted by Crippen LogP contribution is -2.38. The highest BCUT2D eigenvalue weighted by molar-refractivity contribution is 5.91. The zero-order chi connectivity index (χ0) is 16.8. The van der Waals surface area contributed by atoms with Crippen molar-refractivity contribution in [2.75, 3.05) is 31.2 Å². The molecule has 2 aromatic rings. The van der Waals surface area contributed by atoms with E-state index in [9.17, 15) is 9.18 Å². The van der Waals surface area contributed by atoms with Gasteiger partial charge < -0.3 is 9.64 Å². The van der Waals surface area contributed by atoms with Crippen molar-refractivity contribution in [1.82, 2.24) is 20.4 Å². The van der Waals surface area contributed by atoms with Crippen LogP contribution in [0.4, 0.5) is 10.2 Å². The van der Waals surface area contributed by atoms with E-state index in [0.29, 0.717) is 32.0 Å². The van der Waals surface area contributed by atoms with Crippen LogP contribution in [0.1, 0.15) is 16.3 Å². The number of anilines is 1. The number of hydrazone groups is 1. The molecule has 3 heterocycles. The normalized spacial score (nSPS) is 14.8. The number of nitrogens with zero attached hydrogens (tertiary/aromatic N) is 5. The molecule has 3 rings (SSSR count). The number of rotatable bonds is 4. The van der Waals surface area contributed by atoms with Crippen molar-refractivity contribution < 1.29 is 13.9 Å². The molecule has 1 aliphatic rings. The lowest BCUT2D eigenvalue weighted by Gasteiger charge is -2.27. The molecule has 0 bridgehead atoms. The molecule has 1 aliphatic heterocycles. The largest absolute Gasteiger partial charge is 0.378 e. The summed E-state index contributed by atoms with van der Waals surface area (Å²) in [5.41, 5.74) is 2.89. The molecule has 0 saturated carbocycles. The third kappa shape index (κ3) is 3.87. The van der Waals surface area contributed by atoms with Gasteiger partial charge in [0, 0.05) is 19.3 Å². The number of amides is 1. The van der Waals surface area contributed by atoms with E-state index in [1.54, 1.807) is 29.3 Å². The predicted molar refractivity (Wildman–Crippen MR) is 84.3 cm³/mol. The third-order valence-electron chi connectivity index (χ3n) is 3.29. The second-order valence-electron chi connectivity index (χ2n) is 4.92. The Labute approximate surface area is 137 Å². The summed E-state index contributed by atoms with van der Waals surface area (Å²) in [4.78, 5) is 25.5. The van der Waals surface area contributed by atoms with E-state index in [0.717, 1.165) is 6.20 Å². The van der Waals surface area contributed by atoms with Crippen molar-refractivity contribution in [2.24, 2.45) is 5.10 Å². The average Bonchev–Trinajstić information content (AvgIpc) is 2.63. The Morgan fingerprint density at radius 1 is 1.33 bits per heavy atom. The molecule has 0 radical (unpaired) electrons. The minimum Gasteiger partial charge on any atom is -0.378 e. The van der Waals surface area contributed by atoms with Crippen molar-refractivity contribution in [2.45, 2.75) is 0 Å². The minimum absolute atomic E-state index is 0.0900. The third-order valence-corrected chi connectivity index (χ3v) is 3.29. The quantitative estimate of drug-likeness (QED) is 0.652. The Balaban J connectivity index is 1.69. The van der Waals surface area contributed by atoms with Crippen molar-refractivity contribution in [1.29, 1.82) is 0 Å². The highest BCUT2D eigenvalue weighted by Gasteiger charge is 2.19. The van der Waals surface area contributed by atoms with Crippen LogP contribution in [0.25, 0.3) is 0 Å². The van der Waals surface area contributed by atoms with E-state index in [2.05, 4.69) is 25.5 Å². The molecule has 0 aromatic carbocycles. The highest BCUT2D eigenvalue weighted by Crippen LogP contribution is 2.16. The van der Waals surface area contributed by atoms with Crippen LogP contribution < -0.4 is 10.3 Å². The number of hydrogen-bond donors (Lipinski definition) is 1. The number of carbonyl (C=O) groups excluding carboxylic acids is 1. The molecule has 9 heteroatoms. The Morgan fingerprint density at radius 3 is 2.92 bits per heavy atom. The Morgan fingerprint density at radius 2 is 2.17 bits per heavy atom. The average molecular weight is 330 g/mol. The molecule has 0 spiro atoms. The van der Waals surface area contributed by atoms with E-state index < -0.39 is 11.7 Å². The molecule has 0 aliphatic carbocycles. The van der Waals surface area contributed by atoms with Gasteiger partial charge in [0.2, 0.25) is 5.82 Å². The first-order valence-corrected chi connectivity index (χ1v) is 7.34. The number of hydrogen-bond acceptors (Lipinski definition) is 7. The second kappa shape index (κ2) is 7.55. The summed E-state index contributed by atoms with van der Waals surface area (Å²) < 4.78 is 19.1. The summed E-state index contributed by atoms with van der Waals surface area (Å²) in [6.45, 7) is 1.98. The van der Waals surface area contributed by atoms with Gasteiger partial charge in [0.1, 0.15) is 0 Å². The van der Waals surface area contributed by atoms with Crippen LogP contribution in [0.3, 0.4) is 0 Å². The van der Waals surface area contributed by atoms with Crippen LogP contribution in [0.15, 0.2) is 35.7 Å². The van der Waals surface area contributed by atoms with E-state index in [1.807, 2.05) is 0 Å². The maximum Gasteiger partial charge on any atom is 0.309 e. The lowest BCUT2D eigenvalue weighted by atomic mass is 10.4. The highest BCUT2D eigenvalue weighted by atomic mass is 19.1. The predicted octanol–water partition coefficient (Wildman–Crippen LogP) is 0.611. The van der Waals surface area contributed by atoms with Gasteiger partial charge in [-0.1, -0.05) is 6.07 Å². The minimum atomic E-state index is -0.628. The maximum absolute atomic E-state index is 13.9. The van der Waals surface area contributed by atoms with E-state index in [1.165, 1.54) is 6.21 Å². The van der Waals surface area contributed by atoms with Gasteiger partial charge in [0.15, 0.2) is 11.6 Å². The van der Waals surface area contributed by atoms with Crippen molar-refractivity contribution >= 4 is 17.9 Å².